The molecule has 0 bridgehead atoms. The lowest BCUT2D eigenvalue weighted by Crippen LogP contribution is -2.44. The predicted octanol–water partition coefficient (Wildman–Crippen LogP) is 1.94. The highest BCUT2D eigenvalue weighted by molar-refractivity contribution is 6.30. The van der Waals surface area contributed by atoms with Gasteiger partial charge in [-0.1, -0.05) is 11.6 Å². The average Bonchev–Trinajstić information content (AvgIpc) is 2.14. The standard InChI is InChI=1S/C11H17ClN4/c1-11(2,3)16-10(13)15-7-9-5-4-8(12)6-14-9/h4-6H,7H2,1-3H3,(H3,13,15,16). The molecule has 0 aliphatic carbocycles. The van der Waals surface area contributed by atoms with Gasteiger partial charge in [-0.3, -0.25) is 4.98 Å². The smallest absolute Gasteiger partial charge is 0.189 e. The van der Waals surface area contributed by atoms with Crippen LogP contribution in [0.1, 0.15) is 26.5 Å². The Morgan fingerprint density at radius 3 is 2.69 bits per heavy atom. The van der Waals surface area contributed by atoms with Crippen LogP contribution in [0.5, 0.6) is 0 Å². The number of hydrogen-bond donors (Lipinski definition) is 2. The Balaban J connectivity index is 2.56. The minimum atomic E-state index is -0.0823. The van der Waals surface area contributed by atoms with Gasteiger partial charge in [-0.15, -0.1) is 0 Å². The number of aliphatic imine (C=N–C) groups is 1. The molecule has 0 aromatic carbocycles. The molecular formula is C11H17ClN4. The van der Waals surface area contributed by atoms with Gasteiger partial charge in [0.15, 0.2) is 5.96 Å². The van der Waals surface area contributed by atoms with Crippen LogP contribution < -0.4 is 11.1 Å². The topological polar surface area (TPSA) is 63.3 Å². The molecule has 88 valence electrons. The molecule has 1 aromatic heterocycles. The Labute approximate surface area is 101 Å². The van der Waals surface area contributed by atoms with Crippen molar-refractivity contribution in [1.82, 2.24) is 10.3 Å². The van der Waals surface area contributed by atoms with Gasteiger partial charge in [0.25, 0.3) is 0 Å². The summed E-state index contributed by atoms with van der Waals surface area (Å²) in [5.74, 6) is 0.421. The molecule has 0 saturated heterocycles. The van der Waals surface area contributed by atoms with Crippen molar-refractivity contribution >= 4 is 17.6 Å². The highest BCUT2D eigenvalue weighted by atomic mass is 35.5. The van der Waals surface area contributed by atoms with E-state index in [2.05, 4.69) is 15.3 Å². The fourth-order valence-corrected chi connectivity index (χ4v) is 1.20. The van der Waals surface area contributed by atoms with Gasteiger partial charge < -0.3 is 11.1 Å². The van der Waals surface area contributed by atoms with Gasteiger partial charge in [-0.2, -0.15) is 0 Å². The van der Waals surface area contributed by atoms with Crippen LogP contribution in [0, 0.1) is 0 Å². The SMILES string of the molecule is CC(C)(C)NC(N)=NCc1ccc(Cl)cn1. The molecule has 0 atom stereocenters. The van der Waals surface area contributed by atoms with E-state index >= 15 is 0 Å². The summed E-state index contributed by atoms with van der Waals surface area (Å²) in [5.41, 5.74) is 6.48. The fraction of sp³-hybridized carbons (Fsp3) is 0.455. The van der Waals surface area contributed by atoms with Crippen LogP contribution >= 0.6 is 11.6 Å². The molecule has 0 spiro atoms. The van der Waals surface area contributed by atoms with Crippen molar-refractivity contribution in [3.05, 3.63) is 29.0 Å². The predicted molar refractivity (Wildman–Crippen MR) is 67.5 cm³/mol. The molecule has 0 saturated carbocycles. The number of nitrogens with zero attached hydrogens (tertiary/aromatic N) is 2. The Kier molecular flexibility index (Phi) is 4.12. The number of nitrogens with two attached hydrogens (primary N) is 1. The van der Waals surface area contributed by atoms with Crippen molar-refractivity contribution < 1.29 is 0 Å². The number of pyridine rings is 1. The highest BCUT2D eigenvalue weighted by Crippen LogP contribution is 2.06. The fourth-order valence-electron chi connectivity index (χ4n) is 1.09. The lowest BCUT2D eigenvalue weighted by Gasteiger charge is -2.20. The number of nitrogens with one attached hydrogen (secondary N) is 1. The first-order chi connectivity index (χ1) is 7.37. The van der Waals surface area contributed by atoms with E-state index in [1.807, 2.05) is 26.8 Å². The van der Waals surface area contributed by atoms with Crippen LogP contribution in [0.25, 0.3) is 0 Å². The molecule has 16 heavy (non-hydrogen) atoms. The minimum absolute atomic E-state index is 0.0823. The van der Waals surface area contributed by atoms with Gasteiger partial charge in [0.2, 0.25) is 0 Å². The van der Waals surface area contributed by atoms with Crippen LogP contribution in [0.15, 0.2) is 23.3 Å². The largest absolute Gasteiger partial charge is 0.370 e. The zero-order valence-corrected chi connectivity index (χ0v) is 10.5. The average molecular weight is 241 g/mol. The monoisotopic (exact) mass is 240 g/mol. The molecule has 1 aromatic rings. The first-order valence-electron chi connectivity index (χ1n) is 5.05. The number of aromatic nitrogens is 1. The van der Waals surface area contributed by atoms with Crippen molar-refractivity contribution in [2.45, 2.75) is 32.9 Å². The summed E-state index contributed by atoms with van der Waals surface area (Å²) in [6, 6.07) is 3.61. The Hall–Kier alpha value is -1.29. The van der Waals surface area contributed by atoms with Crippen molar-refractivity contribution in [1.29, 1.82) is 0 Å². The van der Waals surface area contributed by atoms with Crippen molar-refractivity contribution in [2.24, 2.45) is 10.7 Å². The van der Waals surface area contributed by atoms with E-state index in [4.69, 9.17) is 17.3 Å². The molecule has 0 aliphatic heterocycles. The van der Waals surface area contributed by atoms with Crippen LogP contribution in [-0.2, 0) is 6.54 Å². The third-order valence-electron chi connectivity index (χ3n) is 1.70. The van der Waals surface area contributed by atoms with Gasteiger partial charge in [0.1, 0.15) is 0 Å². The second-order valence-electron chi connectivity index (χ2n) is 4.54. The summed E-state index contributed by atoms with van der Waals surface area (Å²) in [6.45, 7) is 6.52. The number of rotatable bonds is 2. The first kappa shape index (κ1) is 12.8. The zero-order valence-electron chi connectivity index (χ0n) is 9.79. The van der Waals surface area contributed by atoms with Crippen LogP contribution in [0.2, 0.25) is 5.02 Å². The maximum Gasteiger partial charge on any atom is 0.189 e. The van der Waals surface area contributed by atoms with Crippen LogP contribution in [-0.4, -0.2) is 16.5 Å². The molecule has 3 N–H and O–H groups in total. The second kappa shape index (κ2) is 5.16. The minimum Gasteiger partial charge on any atom is -0.370 e. The van der Waals surface area contributed by atoms with Gasteiger partial charge in [0, 0.05) is 11.7 Å². The normalized spacial score (nSPS) is 12.6. The summed E-state index contributed by atoms with van der Waals surface area (Å²) in [4.78, 5) is 8.31. The summed E-state index contributed by atoms with van der Waals surface area (Å²) >= 11 is 5.73. The van der Waals surface area contributed by atoms with Gasteiger partial charge in [-0.25, -0.2) is 4.99 Å². The van der Waals surface area contributed by atoms with Crippen molar-refractivity contribution in [3.63, 3.8) is 0 Å². The lowest BCUT2D eigenvalue weighted by molar-refractivity contribution is 0.508. The van der Waals surface area contributed by atoms with E-state index in [1.165, 1.54) is 0 Å². The maximum absolute atomic E-state index is 5.73. The van der Waals surface area contributed by atoms with E-state index in [0.717, 1.165) is 5.69 Å². The Bertz CT molecular complexity index is 365. The second-order valence-corrected chi connectivity index (χ2v) is 4.98. The third kappa shape index (κ3) is 4.98. The maximum atomic E-state index is 5.73. The molecule has 1 heterocycles. The van der Waals surface area contributed by atoms with Gasteiger partial charge in [0.05, 0.1) is 17.3 Å². The number of halogens is 1. The lowest BCUT2D eigenvalue weighted by atomic mass is 10.1. The molecule has 4 nitrogen and oxygen atoms in total. The van der Waals surface area contributed by atoms with E-state index < -0.39 is 0 Å². The third-order valence-corrected chi connectivity index (χ3v) is 1.93. The molecule has 0 unspecified atom stereocenters. The first-order valence-corrected chi connectivity index (χ1v) is 5.43. The van der Waals surface area contributed by atoms with E-state index in [-0.39, 0.29) is 5.54 Å². The molecule has 0 aliphatic rings. The number of guanidine groups is 1. The van der Waals surface area contributed by atoms with Gasteiger partial charge in [-0.05, 0) is 32.9 Å². The molecule has 5 heteroatoms. The van der Waals surface area contributed by atoms with Crippen LogP contribution in [0.3, 0.4) is 0 Å². The summed E-state index contributed by atoms with van der Waals surface area (Å²) in [6.07, 6.45) is 1.60. The highest BCUT2D eigenvalue weighted by Gasteiger charge is 2.09. The van der Waals surface area contributed by atoms with Crippen LogP contribution in [0.4, 0.5) is 0 Å². The van der Waals surface area contributed by atoms with E-state index in [9.17, 15) is 0 Å². The molecule has 0 radical (unpaired) electrons. The van der Waals surface area contributed by atoms with E-state index in [1.54, 1.807) is 12.3 Å². The zero-order chi connectivity index (χ0) is 12.2. The number of hydrogen-bond acceptors (Lipinski definition) is 2. The summed E-state index contributed by atoms with van der Waals surface area (Å²) in [7, 11) is 0. The molecule has 0 fully saturated rings. The van der Waals surface area contributed by atoms with Crippen molar-refractivity contribution in [3.8, 4) is 0 Å². The van der Waals surface area contributed by atoms with Crippen molar-refractivity contribution in [2.75, 3.05) is 0 Å². The molecule has 1 rings (SSSR count). The molecular weight excluding hydrogens is 224 g/mol. The summed E-state index contributed by atoms with van der Waals surface area (Å²) < 4.78 is 0. The van der Waals surface area contributed by atoms with Gasteiger partial charge >= 0.3 is 0 Å². The molecule has 0 amide bonds. The summed E-state index contributed by atoms with van der Waals surface area (Å²) in [5, 5.41) is 3.69. The van der Waals surface area contributed by atoms with E-state index in [0.29, 0.717) is 17.5 Å². The Morgan fingerprint density at radius 1 is 1.50 bits per heavy atom. The quantitative estimate of drug-likeness (QED) is 0.614. The Morgan fingerprint density at radius 2 is 2.19 bits per heavy atom.